The zero-order chi connectivity index (χ0) is 36.4. The first-order chi connectivity index (χ1) is 24.4. The van der Waals surface area contributed by atoms with E-state index in [1.807, 2.05) is 18.2 Å². The van der Waals surface area contributed by atoms with Crippen molar-refractivity contribution in [1.29, 1.82) is 0 Å². The van der Waals surface area contributed by atoms with Crippen LogP contribution < -0.4 is 0 Å². The summed E-state index contributed by atoms with van der Waals surface area (Å²) in [7, 11) is 0. The van der Waals surface area contributed by atoms with Crippen LogP contribution in [0.4, 0.5) is 0 Å². The molecule has 0 bridgehead atoms. The Hall–Kier alpha value is -5.31. The molecule has 9 heteroatoms. The molecule has 0 atom stereocenters. The maximum atomic E-state index is 5.08. The Balaban J connectivity index is 1.57. The molecule has 6 rings (SSSR count). The Labute approximate surface area is 301 Å². The highest BCUT2D eigenvalue weighted by atomic mass is 15.1. The number of hydrogen-bond acceptors (Lipinski definition) is 9. The van der Waals surface area contributed by atoms with Crippen molar-refractivity contribution < 1.29 is 0 Å². The molecule has 0 saturated carbocycles. The maximum Gasteiger partial charge on any atom is 0.163 e. The van der Waals surface area contributed by atoms with Gasteiger partial charge in [0.2, 0.25) is 0 Å². The van der Waals surface area contributed by atoms with E-state index in [4.69, 9.17) is 44.9 Å². The van der Waals surface area contributed by atoms with Crippen LogP contribution in [0.3, 0.4) is 0 Å². The van der Waals surface area contributed by atoms with Gasteiger partial charge in [0.25, 0.3) is 0 Å². The Bertz CT molecular complexity index is 2000. The maximum absolute atomic E-state index is 5.08. The van der Waals surface area contributed by atoms with Crippen LogP contribution in [-0.4, -0.2) is 44.9 Å². The van der Waals surface area contributed by atoms with Gasteiger partial charge in [0.1, 0.15) is 29.1 Å². The highest BCUT2D eigenvalue weighted by Crippen LogP contribution is 2.33. The van der Waals surface area contributed by atoms with Gasteiger partial charge < -0.3 is 0 Å². The first kappa shape index (κ1) is 35.5. The molecule has 3 heterocycles. The number of nitrogens with zero attached hydrogens (tertiary/aromatic N) is 9. The van der Waals surface area contributed by atoms with Crippen LogP contribution in [-0.2, 0) is 0 Å². The van der Waals surface area contributed by atoms with E-state index in [0.29, 0.717) is 29.1 Å². The molecular formula is C42H47N9. The van der Waals surface area contributed by atoms with Crippen LogP contribution in [0.15, 0.2) is 72.8 Å². The number of aromatic nitrogens is 9. The van der Waals surface area contributed by atoms with Crippen LogP contribution in [0.5, 0.6) is 0 Å². The van der Waals surface area contributed by atoms with Gasteiger partial charge in [-0.25, -0.2) is 44.9 Å². The molecule has 0 N–H and O–H groups in total. The van der Waals surface area contributed by atoms with E-state index >= 15 is 0 Å². The molecule has 0 unspecified atom stereocenters. The van der Waals surface area contributed by atoms with E-state index in [0.717, 1.165) is 56.7 Å². The second kappa shape index (κ2) is 14.9. The molecule has 0 aliphatic heterocycles. The van der Waals surface area contributed by atoms with Gasteiger partial charge in [-0.15, -0.1) is 0 Å². The monoisotopic (exact) mass is 677 g/mol. The van der Waals surface area contributed by atoms with E-state index < -0.39 is 0 Å². The van der Waals surface area contributed by atoms with Gasteiger partial charge in [-0.05, 0) is 29.3 Å². The molecule has 3 aromatic carbocycles. The standard InChI is InChI=1S/C42H47N9/c1-23(2)34-43-35(24(3)4)47-40(46-34)31-20-32(41-48-36(25(5)6)44-37(49-41)26(7)8)22-33(21-31)42-50-38(27(9)10)45-39(51-42)30-18-16-29(17-19-30)28-14-12-11-13-15-28/h11-27H,1-10H3. The summed E-state index contributed by atoms with van der Waals surface area (Å²) in [5.74, 6) is 6.69. The van der Waals surface area contributed by atoms with Gasteiger partial charge in [-0.1, -0.05) is 124 Å². The Morgan fingerprint density at radius 1 is 0.275 bits per heavy atom. The highest BCUT2D eigenvalue weighted by molar-refractivity contribution is 5.76. The summed E-state index contributed by atoms with van der Waals surface area (Å²) in [4.78, 5) is 44.5. The van der Waals surface area contributed by atoms with E-state index in [1.54, 1.807) is 0 Å². The van der Waals surface area contributed by atoms with Crippen molar-refractivity contribution in [2.45, 2.75) is 98.8 Å². The molecule has 6 aromatic rings. The molecule has 0 saturated heterocycles. The molecule has 3 aromatic heterocycles. The predicted octanol–water partition coefficient (Wildman–Crippen LogP) is 10.2. The summed E-state index contributed by atoms with van der Waals surface area (Å²) in [6, 6.07) is 24.9. The largest absolute Gasteiger partial charge is 0.217 e. The summed E-state index contributed by atoms with van der Waals surface area (Å²) in [5.41, 5.74) is 5.62. The summed E-state index contributed by atoms with van der Waals surface area (Å²) < 4.78 is 0. The van der Waals surface area contributed by atoms with Crippen molar-refractivity contribution in [1.82, 2.24) is 44.9 Å². The van der Waals surface area contributed by atoms with Crippen LogP contribution in [0.2, 0.25) is 0 Å². The third kappa shape index (κ3) is 8.03. The lowest BCUT2D eigenvalue weighted by Gasteiger charge is -2.15. The van der Waals surface area contributed by atoms with E-state index in [2.05, 4.69) is 124 Å². The fourth-order valence-electron chi connectivity index (χ4n) is 5.48. The fraction of sp³-hybridized carbons (Fsp3) is 0.357. The molecule has 0 fully saturated rings. The number of rotatable bonds is 10. The van der Waals surface area contributed by atoms with Crippen molar-refractivity contribution in [3.63, 3.8) is 0 Å². The van der Waals surface area contributed by atoms with Crippen molar-refractivity contribution >= 4 is 0 Å². The third-order valence-electron chi connectivity index (χ3n) is 8.53. The van der Waals surface area contributed by atoms with Crippen molar-refractivity contribution in [3.05, 3.63) is 102 Å². The average Bonchev–Trinajstić information content (AvgIpc) is 3.14. The summed E-state index contributed by atoms with van der Waals surface area (Å²) in [6.07, 6.45) is 0. The molecule has 0 radical (unpaired) electrons. The topological polar surface area (TPSA) is 116 Å². The van der Waals surface area contributed by atoms with Crippen LogP contribution in [0.25, 0.3) is 56.7 Å². The average molecular weight is 678 g/mol. The molecule has 9 nitrogen and oxygen atoms in total. The SMILES string of the molecule is CC(C)c1nc(-c2ccc(-c3ccccc3)cc2)nc(-c2cc(-c3nc(C(C)C)nc(C(C)C)n3)cc(-c3nc(C(C)C)nc(C(C)C)n3)c2)n1. The Kier molecular flexibility index (Phi) is 10.4. The smallest absolute Gasteiger partial charge is 0.163 e. The van der Waals surface area contributed by atoms with E-state index in [9.17, 15) is 0 Å². The van der Waals surface area contributed by atoms with Gasteiger partial charge in [0.15, 0.2) is 23.3 Å². The Morgan fingerprint density at radius 2 is 0.549 bits per heavy atom. The molecule has 0 aliphatic carbocycles. The molecule has 260 valence electrons. The highest BCUT2D eigenvalue weighted by Gasteiger charge is 2.20. The minimum absolute atomic E-state index is 0.0770. The number of benzene rings is 3. The molecular weight excluding hydrogens is 631 g/mol. The lowest BCUT2D eigenvalue weighted by atomic mass is 10.0. The minimum Gasteiger partial charge on any atom is -0.217 e. The van der Waals surface area contributed by atoms with Crippen LogP contribution in [0, 0.1) is 0 Å². The van der Waals surface area contributed by atoms with Gasteiger partial charge in [-0.2, -0.15) is 0 Å². The molecule has 0 amide bonds. The van der Waals surface area contributed by atoms with Crippen LogP contribution >= 0.6 is 0 Å². The quantitative estimate of drug-likeness (QED) is 0.140. The van der Waals surface area contributed by atoms with Gasteiger partial charge in [0, 0.05) is 51.8 Å². The third-order valence-corrected chi connectivity index (χ3v) is 8.53. The normalized spacial score (nSPS) is 11.8. The van der Waals surface area contributed by atoms with Gasteiger partial charge >= 0.3 is 0 Å². The first-order valence-electron chi connectivity index (χ1n) is 18.0. The van der Waals surface area contributed by atoms with Crippen molar-refractivity contribution in [2.24, 2.45) is 0 Å². The summed E-state index contributed by atoms with van der Waals surface area (Å²) in [5, 5.41) is 0. The fourth-order valence-corrected chi connectivity index (χ4v) is 5.48. The van der Waals surface area contributed by atoms with Gasteiger partial charge in [-0.3, -0.25) is 0 Å². The van der Waals surface area contributed by atoms with Gasteiger partial charge in [0.05, 0.1) is 0 Å². The number of hydrogen-bond donors (Lipinski definition) is 0. The predicted molar refractivity (Wildman–Crippen MR) is 204 cm³/mol. The second-order valence-corrected chi connectivity index (χ2v) is 14.6. The minimum atomic E-state index is 0.0770. The first-order valence-corrected chi connectivity index (χ1v) is 18.0. The summed E-state index contributed by atoms with van der Waals surface area (Å²) >= 11 is 0. The summed E-state index contributed by atoms with van der Waals surface area (Å²) in [6.45, 7) is 21.0. The van der Waals surface area contributed by atoms with E-state index in [1.165, 1.54) is 0 Å². The molecule has 51 heavy (non-hydrogen) atoms. The second-order valence-electron chi connectivity index (χ2n) is 14.6. The zero-order valence-electron chi connectivity index (χ0n) is 31.3. The molecule has 0 spiro atoms. The molecule has 0 aliphatic rings. The lowest BCUT2D eigenvalue weighted by molar-refractivity contribution is 0.696. The van der Waals surface area contributed by atoms with E-state index in [-0.39, 0.29) is 29.6 Å². The lowest BCUT2D eigenvalue weighted by Crippen LogP contribution is -2.09. The van der Waals surface area contributed by atoms with Crippen LogP contribution in [0.1, 0.15) is 128 Å². The Morgan fingerprint density at radius 3 is 0.902 bits per heavy atom. The zero-order valence-corrected chi connectivity index (χ0v) is 31.3. The van der Waals surface area contributed by atoms with Crippen molar-refractivity contribution in [2.75, 3.05) is 0 Å². The van der Waals surface area contributed by atoms with Crippen molar-refractivity contribution in [3.8, 4) is 56.7 Å².